The van der Waals surface area contributed by atoms with Crippen molar-refractivity contribution in [3.8, 4) is 28.6 Å². The molecule has 0 aliphatic carbocycles. The van der Waals surface area contributed by atoms with Crippen molar-refractivity contribution in [1.29, 1.82) is 0 Å². The smallest absolute Gasteiger partial charge is 0.240 e. The predicted octanol–water partition coefficient (Wildman–Crippen LogP) is 1.75. The molecule has 0 atom stereocenters. The van der Waals surface area contributed by atoms with Crippen LogP contribution < -0.4 is 19.9 Å². The number of nitrogens with two attached hydrogens (primary N) is 1. The number of ether oxygens (including phenoxy) is 3. The van der Waals surface area contributed by atoms with Crippen LogP contribution in [-0.2, 0) is 0 Å². The Labute approximate surface area is 111 Å². The molecule has 0 amide bonds. The Kier molecular flexibility index (Phi) is 3.70. The van der Waals surface area contributed by atoms with Gasteiger partial charge in [-0.25, -0.2) is 4.98 Å². The van der Waals surface area contributed by atoms with E-state index in [9.17, 15) is 0 Å². The maximum Gasteiger partial charge on any atom is 0.240 e. The van der Waals surface area contributed by atoms with Gasteiger partial charge in [0, 0.05) is 11.6 Å². The first-order valence-corrected chi connectivity index (χ1v) is 5.57. The first-order chi connectivity index (χ1) is 9.19. The fourth-order valence-corrected chi connectivity index (χ4v) is 1.72. The molecule has 1 heterocycles. The number of anilines is 1. The van der Waals surface area contributed by atoms with Gasteiger partial charge < -0.3 is 19.9 Å². The maximum atomic E-state index is 5.98. The lowest BCUT2D eigenvalue weighted by Gasteiger charge is -2.11. The third-order valence-electron chi connectivity index (χ3n) is 2.67. The van der Waals surface area contributed by atoms with Crippen molar-refractivity contribution < 1.29 is 14.2 Å². The fraction of sp³-hybridized carbons (Fsp3) is 0.231. The Morgan fingerprint density at radius 3 is 2.05 bits per heavy atom. The van der Waals surface area contributed by atoms with Crippen molar-refractivity contribution in [1.82, 2.24) is 9.97 Å². The van der Waals surface area contributed by atoms with Crippen LogP contribution in [0.5, 0.6) is 17.4 Å². The number of hydrogen-bond acceptors (Lipinski definition) is 6. The van der Waals surface area contributed by atoms with E-state index in [1.54, 1.807) is 20.3 Å². The number of methoxy groups -OCH3 is 3. The molecular weight excluding hydrogens is 246 g/mol. The quantitative estimate of drug-likeness (QED) is 0.903. The lowest BCUT2D eigenvalue weighted by atomic mass is 10.1. The summed E-state index contributed by atoms with van der Waals surface area (Å²) in [7, 11) is 4.68. The second kappa shape index (κ2) is 5.43. The lowest BCUT2D eigenvalue weighted by molar-refractivity contribution is 0.394. The van der Waals surface area contributed by atoms with Crippen molar-refractivity contribution in [2.75, 3.05) is 27.1 Å². The number of aromatic nitrogens is 2. The van der Waals surface area contributed by atoms with E-state index in [1.165, 1.54) is 13.4 Å². The number of benzene rings is 1. The van der Waals surface area contributed by atoms with Crippen LogP contribution in [0.25, 0.3) is 11.3 Å². The Morgan fingerprint density at radius 2 is 1.53 bits per heavy atom. The monoisotopic (exact) mass is 261 g/mol. The molecular formula is C13H15N3O3. The summed E-state index contributed by atoms with van der Waals surface area (Å²) in [5.74, 6) is 1.66. The molecule has 1 aromatic heterocycles. The minimum absolute atomic E-state index is 0.340. The van der Waals surface area contributed by atoms with Crippen LogP contribution in [0, 0.1) is 0 Å². The first kappa shape index (κ1) is 12.9. The summed E-state index contributed by atoms with van der Waals surface area (Å²) in [6.45, 7) is 0. The van der Waals surface area contributed by atoms with E-state index in [0.29, 0.717) is 28.8 Å². The second-order valence-corrected chi connectivity index (χ2v) is 3.75. The van der Waals surface area contributed by atoms with Crippen molar-refractivity contribution in [3.05, 3.63) is 24.5 Å². The van der Waals surface area contributed by atoms with Gasteiger partial charge in [0.05, 0.1) is 21.3 Å². The standard InChI is InChI=1S/C13H15N3O3/c1-17-9-4-8(5-10(6-9)18-2)12-11(14)13(19-3)16-7-15-12/h4-7H,14H2,1-3H3. The highest BCUT2D eigenvalue weighted by Gasteiger charge is 2.12. The van der Waals surface area contributed by atoms with Crippen LogP contribution in [0.15, 0.2) is 24.5 Å². The third-order valence-corrected chi connectivity index (χ3v) is 2.67. The van der Waals surface area contributed by atoms with E-state index in [-0.39, 0.29) is 0 Å². The van der Waals surface area contributed by atoms with Gasteiger partial charge in [-0.15, -0.1) is 0 Å². The van der Waals surface area contributed by atoms with Crippen LogP contribution in [0.1, 0.15) is 0 Å². The zero-order valence-corrected chi connectivity index (χ0v) is 11.0. The summed E-state index contributed by atoms with van der Waals surface area (Å²) in [6, 6.07) is 5.42. The Balaban J connectivity index is 2.58. The van der Waals surface area contributed by atoms with E-state index in [0.717, 1.165) is 5.56 Å². The minimum atomic E-state index is 0.340. The summed E-state index contributed by atoms with van der Waals surface area (Å²) in [5.41, 5.74) is 7.70. The largest absolute Gasteiger partial charge is 0.497 e. The zero-order valence-electron chi connectivity index (χ0n) is 11.0. The number of rotatable bonds is 4. The normalized spacial score (nSPS) is 10.1. The van der Waals surface area contributed by atoms with E-state index < -0.39 is 0 Å². The van der Waals surface area contributed by atoms with Crippen LogP contribution in [0.4, 0.5) is 5.69 Å². The van der Waals surface area contributed by atoms with E-state index in [4.69, 9.17) is 19.9 Å². The molecule has 100 valence electrons. The van der Waals surface area contributed by atoms with Gasteiger partial charge in [0.25, 0.3) is 0 Å². The molecule has 0 saturated heterocycles. The molecule has 2 rings (SSSR count). The maximum absolute atomic E-state index is 5.98. The van der Waals surface area contributed by atoms with Crippen LogP contribution >= 0.6 is 0 Å². The van der Waals surface area contributed by atoms with Crippen molar-refractivity contribution in [3.63, 3.8) is 0 Å². The van der Waals surface area contributed by atoms with Crippen molar-refractivity contribution in [2.24, 2.45) is 0 Å². The minimum Gasteiger partial charge on any atom is -0.497 e. The van der Waals surface area contributed by atoms with Gasteiger partial charge in [0.2, 0.25) is 5.88 Å². The highest BCUT2D eigenvalue weighted by atomic mass is 16.5. The molecule has 0 bridgehead atoms. The van der Waals surface area contributed by atoms with Crippen LogP contribution in [0.3, 0.4) is 0 Å². The molecule has 6 heteroatoms. The lowest BCUT2D eigenvalue weighted by Crippen LogP contribution is -2.00. The summed E-state index contributed by atoms with van der Waals surface area (Å²) < 4.78 is 15.5. The highest BCUT2D eigenvalue weighted by molar-refractivity contribution is 5.77. The SMILES string of the molecule is COc1cc(OC)cc(-c2ncnc(OC)c2N)c1. The summed E-state index contributed by atoms with van der Waals surface area (Å²) >= 11 is 0. The third kappa shape index (κ3) is 2.52. The van der Waals surface area contributed by atoms with E-state index in [2.05, 4.69) is 9.97 Å². The average molecular weight is 261 g/mol. The molecule has 0 radical (unpaired) electrons. The van der Waals surface area contributed by atoms with Gasteiger partial charge in [0.1, 0.15) is 29.2 Å². The Morgan fingerprint density at radius 1 is 0.895 bits per heavy atom. The predicted molar refractivity (Wildman–Crippen MR) is 71.5 cm³/mol. The molecule has 0 saturated carbocycles. The van der Waals surface area contributed by atoms with Gasteiger partial charge in [-0.1, -0.05) is 0 Å². The number of hydrogen-bond donors (Lipinski definition) is 1. The molecule has 0 unspecified atom stereocenters. The average Bonchev–Trinajstić information content (AvgIpc) is 2.46. The van der Waals surface area contributed by atoms with Gasteiger partial charge in [-0.05, 0) is 12.1 Å². The molecule has 1 aromatic carbocycles. The van der Waals surface area contributed by atoms with E-state index in [1.807, 2.05) is 12.1 Å². The zero-order chi connectivity index (χ0) is 13.8. The fourth-order valence-electron chi connectivity index (χ4n) is 1.72. The molecule has 19 heavy (non-hydrogen) atoms. The number of nitrogen functional groups attached to an aromatic ring is 1. The summed E-state index contributed by atoms with van der Waals surface area (Å²) in [4.78, 5) is 8.13. The molecule has 0 aliphatic rings. The highest BCUT2D eigenvalue weighted by Crippen LogP contribution is 2.34. The molecule has 0 spiro atoms. The van der Waals surface area contributed by atoms with Gasteiger partial charge in [-0.3, -0.25) is 0 Å². The van der Waals surface area contributed by atoms with Crippen LogP contribution in [-0.4, -0.2) is 31.3 Å². The first-order valence-electron chi connectivity index (χ1n) is 5.57. The van der Waals surface area contributed by atoms with Gasteiger partial charge >= 0.3 is 0 Å². The molecule has 6 nitrogen and oxygen atoms in total. The van der Waals surface area contributed by atoms with Gasteiger partial charge in [0.15, 0.2) is 0 Å². The van der Waals surface area contributed by atoms with Crippen molar-refractivity contribution in [2.45, 2.75) is 0 Å². The summed E-state index contributed by atoms with van der Waals surface area (Å²) in [5, 5.41) is 0. The second-order valence-electron chi connectivity index (χ2n) is 3.75. The summed E-state index contributed by atoms with van der Waals surface area (Å²) in [6.07, 6.45) is 1.40. The van der Waals surface area contributed by atoms with Crippen molar-refractivity contribution >= 4 is 5.69 Å². The Hall–Kier alpha value is -2.50. The number of nitrogens with zero attached hydrogens (tertiary/aromatic N) is 2. The molecule has 2 N–H and O–H groups in total. The van der Waals surface area contributed by atoms with Gasteiger partial charge in [-0.2, -0.15) is 4.98 Å². The molecule has 0 fully saturated rings. The van der Waals surface area contributed by atoms with Crippen LogP contribution in [0.2, 0.25) is 0 Å². The molecule has 0 aliphatic heterocycles. The Bertz CT molecular complexity index is 565. The van der Waals surface area contributed by atoms with E-state index >= 15 is 0 Å². The molecule has 2 aromatic rings. The topological polar surface area (TPSA) is 79.5 Å².